The lowest BCUT2D eigenvalue weighted by molar-refractivity contribution is -0.159. The maximum absolute atomic E-state index is 12.4. The molecule has 6 nitrogen and oxygen atoms in total. The molecule has 1 heterocycles. The first kappa shape index (κ1) is 18.1. The van der Waals surface area contributed by atoms with Crippen LogP contribution in [-0.4, -0.2) is 31.8 Å². The third-order valence-corrected chi connectivity index (χ3v) is 5.48. The fourth-order valence-corrected chi connectivity index (χ4v) is 2.19. The molecular formula is C14H14F3N3O3S. The first-order chi connectivity index (χ1) is 11.0. The van der Waals surface area contributed by atoms with Gasteiger partial charge in [-0.05, 0) is 12.1 Å². The largest absolute Gasteiger partial charge is 0.471 e. The minimum Gasteiger partial charge on any atom is -0.329 e. The summed E-state index contributed by atoms with van der Waals surface area (Å²) in [5.41, 5.74) is 0.403. The smallest absolute Gasteiger partial charge is 0.329 e. The van der Waals surface area contributed by atoms with E-state index in [1.54, 1.807) is 13.8 Å². The van der Waals surface area contributed by atoms with E-state index in [1.165, 1.54) is 30.5 Å². The van der Waals surface area contributed by atoms with Gasteiger partial charge in [-0.15, -0.1) is 0 Å². The molecule has 2 aromatic rings. The van der Waals surface area contributed by atoms with Gasteiger partial charge in [0.1, 0.15) is 0 Å². The van der Waals surface area contributed by atoms with E-state index in [9.17, 15) is 22.2 Å². The summed E-state index contributed by atoms with van der Waals surface area (Å²) >= 11 is 0. The molecule has 24 heavy (non-hydrogen) atoms. The van der Waals surface area contributed by atoms with Crippen molar-refractivity contribution < 1.29 is 26.7 Å². The number of amides is 1. The van der Waals surface area contributed by atoms with Crippen molar-refractivity contribution in [1.29, 1.82) is 0 Å². The van der Waals surface area contributed by atoms with Gasteiger partial charge in [-0.3, -0.25) is 4.79 Å². The van der Waals surface area contributed by atoms with E-state index in [0.29, 0.717) is 0 Å². The van der Waals surface area contributed by atoms with E-state index in [-0.39, 0.29) is 22.2 Å². The van der Waals surface area contributed by atoms with Crippen molar-refractivity contribution in [3.05, 3.63) is 35.7 Å². The zero-order chi connectivity index (χ0) is 18.1. The van der Waals surface area contributed by atoms with Gasteiger partial charge in [0.15, 0.2) is 0 Å². The average molecular weight is 361 g/mol. The molecule has 0 aliphatic heterocycles. The summed E-state index contributed by atoms with van der Waals surface area (Å²) in [6.07, 6.45) is -3.33. The van der Waals surface area contributed by atoms with Crippen molar-refractivity contribution >= 4 is 15.6 Å². The quantitative estimate of drug-likeness (QED) is 0.836. The van der Waals surface area contributed by atoms with Crippen molar-refractivity contribution in [3.8, 4) is 11.4 Å². The van der Waals surface area contributed by atoms with Crippen LogP contribution in [0.25, 0.3) is 11.4 Å². The summed E-state index contributed by atoms with van der Waals surface area (Å²) in [5, 5.41) is 2.96. The van der Waals surface area contributed by atoms with Crippen LogP contribution in [0.3, 0.4) is 0 Å². The fourth-order valence-electron chi connectivity index (χ4n) is 1.54. The molecule has 0 spiro atoms. The SMILES string of the molecule is CC(C)S(C)(=O)=NC(=O)c1ccc(-c2noc(C(F)(F)F)n2)cc1. The van der Waals surface area contributed by atoms with Crippen LogP contribution in [0.1, 0.15) is 30.1 Å². The highest BCUT2D eigenvalue weighted by Gasteiger charge is 2.38. The van der Waals surface area contributed by atoms with Gasteiger partial charge < -0.3 is 4.52 Å². The molecule has 0 bridgehead atoms. The Morgan fingerprint density at radius 2 is 1.83 bits per heavy atom. The Labute approximate surface area is 136 Å². The number of hydrogen-bond acceptors (Lipinski definition) is 5. The molecule has 0 aliphatic rings. The van der Waals surface area contributed by atoms with Crippen molar-refractivity contribution in [2.45, 2.75) is 25.3 Å². The second-order valence-corrected chi connectivity index (χ2v) is 8.15. The van der Waals surface area contributed by atoms with E-state index in [4.69, 9.17) is 0 Å². The zero-order valence-corrected chi connectivity index (χ0v) is 13.8. The molecule has 0 N–H and O–H groups in total. The van der Waals surface area contributed by atoms with E-state index in [1.807, 2.05) is 0 Å². The Morgan fingerprint density at radius 3 is 2.29 bits per heavy atom. The Hall–Kier alpha value is -2.23. The monoisotopic (exact) mass is 361 g/mol. The summed E-state index contributed by atoms with van der Waals surface area (Å²) in [4.78, 5) is 15.3. The summed E-state index contributed by atoms with van der Waals surface area (Å²) in [7, 11) is -2.66. The molecule has 1 amide bonds. The highest BCUT2D eigenvalue weighted by molar-refractivity contribution is 7.93. The zero-order valence-electron chi connectivity index (χ0n) is 13.0. The van der Waals surface area contributed by atoms with Crippen molar-refractivity contribution in [1.82, 2.24) is 10.1 Å². The maximum Gasteiger partial charge on any atom is 0.471 e. The lowest BCUT2D eigenvalue weighted by atomic mass is 10.1. The number of hydrogen-bond donors (Lipinski definition) is 0. The first-order valence-electron chi connectivity index (χ1n) is 6.77. The molecule has 1 atom stereocenters. The Kier molecular flexibility index (Phi) is 4.79. The molecule has 0 radical (unpaired) electrons. The molecule has 2 rings (SSSR count). The average Bonchev–Trinajstić information content (AvgIpc) is 2.96. The highest BCUT2D eigenvalue weighted by atomic mass is 32.2. The number of halogens is 3. The minimum atomic E-state index is -4.72. The molecule has 0 aliphatic carbocycles. The van der Waals surface area contributed by atoms with Crippen LogP contribution in [0.2, 0.25) is 0 Å². The van der Waals surface area contributed by atoms with Crippen LogP contribution in [-0.2, 0) is 15.9 Å². The number of aromatic nitrogens is 2. The third kappa shape index (κ3) is 3.99. The number of alkyl halides is 3. The van der Waals surface area contributed by atoms with Crippen molar-refractivity contribution in [3.63, 3.8) is 0 Å². The molecule has 0 fully saturated rings. The second kappa shape index (κ2) is 6.34. The maximum atomic E-state index is 12.4. The van der Waals surface area contributed by atoms with Gasteiger partial charge >= 0.3 is 12.1 Å². The number of nitrogens with zero attached hydrogens (tertiary/aromatic N) is 3. The van der Waals surface area contributed by atoms with E-state index in [0.717, 1.165) is 0 Å². The van der Waals surface area contributed by atoms with Crippen LogP contribution >= 0.6 is 0 Å². The van der Waals surface area contributed by atoms with E-state index in [2.05, 4.69) is 19.0 Å². The van der Waals surface area contributed by atoms with Crippen LogP contribution < -0.4 is 0 Å². The van der Waals surface area contributed by atoms with E-state index < -0.39 is 27.7 Å². The van der Waals surface area contributed by atoms with Gasteiger partial charge in [0.05, 0.1) is 9.73 Å². The molecule has 0 saturated carbocycles. The van der Waals surface area contributed by atoms with Gasteiger partial charge in [-0.2, -0.15) is 22.5 Å². The first-order valence-corrected chi connectivity index (χ1v) is 8.76. The van der Waals surface area contributed by atoms with Crippen LogP contribution in [0.4, 0.5) is 13.2 Å². The molecule has 10 heteroatoms. The molecule has 1 aromatic heterocycles. The predicted octanol–water partition coefficient (Wildman–Crippen LogP) is 3.40. The van der Waals surface area contributed by atoms with Crippen LogP contribution in [0.5, 0.6) is 0 Å². The minimum absolute atomic E-state index is 0.161. The number of benzene rings is 1. The topological polar surface area (TPSA) is 85.4 Å². The normalized spacial score (nSPS) is 14.5. The molecule has 1 unspecified atom stereocenters. The van der Waals surface area contributed by atoms with Crippen molar-refractivity contribution in [2.24, 2.45) is 4.36 Å². The summed E-state index contributed by atoms with van der Waals surface area (Å²) in [6, 6.07) is 5.42. The molecule has 130 valence electrons. The number of carbonyl (C=O) groups excluding carboxylic acids is 1. The predicted molar refractivity (Wildman–Crippen MR) is 80.7 cm³/mol. The van der Waals surface area contributed by atoms with Gasteiger partial charge in [0.25, 0.3) is 5.91 Å². The van der Waals surface area contributed by atoms with Crippen LogP contribution in [0.15, 0.2) is 33.2 Å². The third-order valence-electron chi connectivity index (χ3n) is 3.20. The molecule has 0 saturated heterocycles. The van der Waals surface area contributed by atoms with Gasteiger partial charge in [-0.25, -0.2) is 4.21 Å². The molecule has 1 aromatic carbocycles. The van der Waals surface area contributed by atoms with Crippen LogP contribution in [0, 0.1) is 0 Å². The summed E-state index contributed by atoms with van der Waals surface area (Å²) in [5.74, 6) is -2.36. The number of carbonyl (C=O) groups is 1. The van der Waals surface area contributed by atoms with Crippen molar-refractivity contribution in [2.75, 3.05) is 6.26 Å². The highest BCUT2D eigenvalue weighted by Crippen LogP contribution is 2.29. The summed E-state index contributed by atoms with van der Waals surface area (Å²) < 4.78 is 57.3. The Bertz CT molecular complexity index is 863. The fraction of sp³-hybridized carbons (Fsp3) is 0.357. The number of rotatable bonds is 3. The lowest BCUT2D eigenvalue weighted by Crippen LogP contribution is -2.13. The van der Waals surface area contributed by atoms with Gasteiger partial charge in [-0.1, -0.05) is 31.1 Å². The summed E-state index contributed by atoms with van der Waals surface area (Å²) in [6.45, 7) is 3.38. The second-order valence-electron chi connectivity index (χ2n) is 5.30. The van der Waals surface area contributed by atoms with E-state index >= 15 is 0 Å². The Morgan fingerprint density at radius 1 is 1.25 bits per heavy atom. The molecular weight excluding hydrogens is 347 g/mol. The lowest BCUT2D eigenvalue weighted by Gasteiger charge is -2.06. The van der Waals surface area contributed by atoms with Gasteiger partial charge in [0, 0.05) is 22.6 Å². The van der Waals surface area contributed by atoms with Gasteiger partial charge in [0.2, 0.25) is 5.82 Å². The standard InChI is InChI=1S/C14H14F3N3O3S/c1-8(2)24(3,22)20-12(21)10-6-4-9(5-7-10)11-18-13(23-19-11)14(15,16)17/h4-8H,1-3H3. The Balaban J connectivity index is 2.27.